The zero-order chi connectivity index (χ0) is 14.3. The first-order chi connectivity index (χ1) is 9.02. The topological polar surface area (TPSA) is 55.4 Å². The van der Waals surface area contributed by atoms with E-state index in [-0.39, 0.29) is 17.1 Å². The van der Waals surface area contributed by atoms with Gasteiger partial charge in [-0.3, -0.25) is 9.59 Å². The third-order valence-electron chi connectivity index (χ3n) is 2.27. The standard InChI is InChI=1S/C14H19NO3S/c1-4-9-18-14(17)10(2)19-13-7-5-12(6-8-13)15-11(3)16/h5-8,10H,4,9H2,1-3H3,(H,15,16). The first kappa shape index (κ1) is 15.6. The summed E-state index contributed by atoms with van der Waals surface area (Å²) in [4.78, 5) is 23.5. The number of thioether (sulfide) groups is 1. The lowest BCUT2D eigenvalue weighted by Gasteiger charge is -2.11. The Hall–Kier alpha value is -1.49. The van der Waals surface area contributed by atoms with Crippen LogP contribution in [0.4, 0.5) is 5.69 Å². The number of ether oxygens (including phenoxy) is 1. The van der Waals surface area contributed by atoms with Gasteiger partial charge in [0.1, 0.15) is 5.25 Å². The molecule has 0 spiro atoms. The van der Waals surface area contributed by atoms with E-state index >= 15 is 0 Å². The highest BCUT2D eigenvalue weighted by Crippen LogP contribution is 2.25. The maximum Gasteiger partial charge on any atom is 0.319 e. The Labute approximate surface area is 117 Å². The van der Waals surface area contributed by atoms with Gasteiger partial charge in [0, 0.05) is 17.5 Å². The van der Waals surface area contributed by atoms with Gasteiger partial charge in [-0.1, -0.05) is 6.92 Å². The highest BCUT2D eigenvalue weighted by molar-refractivity contribution is 8.00. The molecule has 0 saturated heterocycles. The minimum absolute atomic E-state index is 0.100. The first-order valence-electron chi connectivity index (χ1n) is 6.24. The van der Waals surface area contributed by atoms with Crippen LogP contribution in [0.1, 0.15) is 27.2 Å². The van der Waals surface area contributed by atoms with Crippen LogP contribution in [0, 0.1) is 0 Å². The number of esters is 1. The molecule has 1 unspecified atom stereocenters. The number of amides is 1. The minimum Gasteiger partial charge on any atom is -0.465 e. The Morgan fingerprint density at radius 1 is 1.32 bits per heavy atom. The average molecular weight is 281 g/mol. The summed E-state index contributed by atoms with van der Waals surface area (Å²) in [6.45, 7) is 5.72. The molecular weight excluding hydrogens is 262 g/mol. The van der Waals surface area contributed by atoms with E-state index in [0.29, 0.717) is 6.61 Å². The van der Waals surface area contributed by atoms with Crippen LogP contribution < -0.4 is 5.32 Å². The molecule has 0 bridgehead atoms. The zero-order valence-corrected chi connectivity index (χ0v) is 12.3. The lowest BCUT2D eigenvalue weighted by Crippen LogP contribution is -2.17. The normalized spacial score (nSPS) is 11.7. The monoisotopic (exact) mass is 281 g/mol. The van der Waals surface area contributed by atoms with Crippen LogP contribution in [0.15, 0.2) is 29.2 Å². The molecule has 19 heavy (non-hydrogen) atoms. The third-order valence-corrected chi connectivity index (χ3v) is 3.36. The van der Waals surface area contributed by atoms with Crippen molar-refractivity contribution in [1.82, 2.24) is 0 Å². The minimum atomic E-state index is -0.238. The maximum absolute atomic E-state index is 11.6. The van der Waals surface area contributed by atoms with Crippen LogP contribution in [-0.4, -0.2) is 23.7 Å². The summed E-state index contributed by atoms with van der Waals surface area (Å²) in [6.07, 6.45) is 0.828. The van der Waals surface area contributed by atoms with Gasteiger partial charge in [-0.15, -0.1) is 11.8 Å². The predicted molar refractivity (Wildman–Crippen MR) is 77.3 cm³/mol. The number of carbonyl (C=O) groups is 2. The van der Waals surface area contributed by atoms with Crippen LogP contribution in [0.25, 0.3) is 0 Å². The van der Waals surface area contributed by atoms with Gasteiger partial charge < -0.3 is 10.1 Å². The average Bonchev–Trinajstić information content (AvgIpc) is 2.37. The summed E-state index contributed by atoms with van der Waals surface area (Å²) < 4.78 is 5.08. The number of benzene rings is 1. The van der Waals surface area contributed by atoms with Gasteiger partial charge in [0.2, 0.25) is 5.91 Å². The molecule has 1 aromatic rings. The Kier molecular flexibility index (Phi) is 6.42. The van der Waals surface area contributed by atoms with Crippen molar-refractivity contribution in [3.63, 3.8) is 0 Å². The van der Waals surface area contributed by atoms with E-state index in [1.54, 1.807) is 0 Å². The number of carbonyl (C=O) groups excluding carboxylic acids is 2. The fourth-order valence-corrected chi connectivity index (χ4v) is 2.26. The van der Waals surface area contributed by atoms with Gasteiger partial charge in [0.05, 0.1) is 6.61 Å². The molecule has 4 nitrogen and oxygen atoms in total. The summed E-state index contributed by atoms with van der Waals surface area (Å²) in [6, 6.07) is 7.38. The molecule has 1 rings (SSSR count). The number of hydrogen-bond donors (Lipinski definition) is 1. The molecule has 0 radical (unpaired) electrons. The second kappa shape index (κ2) is 7.84. The van der Waals surface area contributed by atoms with Crippen molar-refractivity contribution in [3.05, 3.63) is 24.3 Å². The fraction of sp³-hybridized carbons (Fsp3) is 0.429. The van der Waals surface area contributed by atoms with Crippen molar-refractivity contribution in [2.24, 2.45) is 0 Å². The Balaban J connectivity index is 2.52. The summed E-state index contributed by atoms with van der Waals surface area (Å²) in [5.74, 6) is -0.297. The van der Waals surface area contributed by atoms with E-state index in [1.165, 1.54) is 18.7 Å². The second-order valence-electron chi connectivity index (χ2n) is 4.13. The second-order valence-corrected chi connectivity index (χ2v) is 5.55. The molecule has 0 heterocycles. The number of hydrogen-bond acceptors (Lipinski definition) is 4. The lowest BCUT2D eigenvalue weighted by molar-refractivity contribution is -0.142. The molecule has 0 fully saturated rings. The van der Waals surface area contributed by atoms with E-state index < -0.39 is 0 Å². The van der Waals surface area contributed by atoms with Crippen molar-refractivity contribution in [3.8, 4) is 0 Å². The van der Waals surface area contributed by atoms with Gasteiger partial charge in [0.15, 0.2) is 0 Å². The molecule has 0 aliphatic rings. The third kappa shape index (κ3) is 5.79. The molecule has 5 heteroatoms. The number of rotatable bonds is 6. The number of anilines is 1. The van der Waals surface area contributed by atoms with E-state index in [1.807, 2.05) is 38.1 Å². The van der Waals surface area contributed by atoms with Gasteiger partial charge >= 0.3 is 5.97 Å². The summed E-state index contributed by atoms with van der Waals surface area (Å²) >= 11 is 1.44. The van der Waals surface area contributed by atoms with Crippen molar-refractivity contribution < 1.29 is 14.3 Å². The molecule has 0 aromatic heterocycles. The zero-order valence-electron chi connectivity index (χ0n) is 11.4. The molecular formula is C14H19NO3S. The summed E-state index contributed by atoms with van der Waals surface area (Å²) in [5, 5.41) is 2.46. The van der Waals surface area contributed by atoms with Gasteiger partial charge in [0.25, 0.3) is 0 Å². The Morgan fingerprint density at radius 3 is 2.47 bits per heavy atom. The SMILES string of the molecule is CCCOC(=O)C(C)Sc1ccc(NC(C)=O)cc1. The quantitative estimate of drug-likeness (QED) is 0.643. The highest BCUT2D eigenvalue weighted by atomic mass is 32.2. The maximum atomic E-state index is 11.6. The predicted octanol–water partition coefficient (Wildman–Crippen LogP) is 3.08. The Morgan fingerprint density at radius 2 is 1.95 bits per heavy atom. The Bertz CT molecular complexity index is 431. The van der Waals surface area contributed by atoms with Crippen molar-refractivity contribution in [1.29, 1.82) is 0 Å². The van der Waals surface area contributed by atoms with Crippen molar-refractivity contribution in [2.45, 2.75) is 37.3 Å². The lowest BCUT2D eigenvalue weighted by atomic mass is 10.3. The van der Waals surface area contributed by atoms with Gasteiger partial charge in [-0.2, -0.15) is 0 Å². The highest BCUT2D eigenvalue weighted by Gasteiger charge is 2.15. The molecule has 1 amide bonds. The fourth-order valence-electron chi connectivity index (χ4n) is 1.39. The smallest absolute Gasteiger partial charge is 0.319 e. The summed E-state index contributed by atoms with van der Waals surface area (Å²) in [5.41, 5.74) is 0.748. The van der Waals surface area contributed by atoms with Crippen molar-refractivity contribution in [2.75, 3.05) is 11.9 Å². The molecule has 0 aliphatic carbocycles. The summed E-state index contributed by atoms with van der Waals surface area (Å²) in [7, 11) is 0. The van der Waals surface area contributed by atoms with Crippen LogP contribution in [0.5, 0.6) is 0 Å². The first-order valence-corrected chi connectivity index (χ1v) is 7.12. The van der Waals surface area contributed by atoms with Crippen LogP contribution in [0.3, 0.4) is 0 Å². The van der Waals surface area contributed by atoms with Crippen LogP contribution in [0.2, 0.25) is 0 Å². The van der Waals surface area contributed by atoms with E-state index in [9.17, 15) is 9.59 Å². The molecule has 0 aliphatic heterocycles. The molecule has 1 atom stereocenters. The van der Waals surface area contributed by atoms with Gasteiger partial charge in [-0.25, -0.2) is 0 Å². The molecule has 1 aromatic carbocycles. The van der Waals surface area contributed by atoms with E-state index in [4.69, 9.17) is 4.74 Å². The van der Waals surface area contributed by atoms with E-state index in [2.05, 4.69) is 5.32 Å². The largest absolute Gasteiger partial charge is 0.465 e. The molecule has 0 saturated carbocycles. The van der Waals surface area contributed by atoms with Crippen molar-refractivity contribution >= 4 is 29.3 Å². The number of nitrogens with one attached hydrogen (secondary N) is 1. The van der Waals surface area contributed by atoms with Crippen LogP contribution in [-0.2, 0) is 14.3 Å². The molecule has 1 N–H and O–H groups in total. The van der Waals surface area contributed by atoms with E-state index in [0.717, 1.165) is 17.0 Å². The van der Waals surface area contributed by atoms with Crippen LogP contribution >= 0.6 is 11.8 Å². The van der Waals surface area contributed by atoms with Gasteiger partial charge in [-0.05, 0) is 37.6 Å². The molecule has 104 valence electrons.